The van der Waals surface area contributed by atoms with Crippen LogP contribution in [-0.4, -0.2) is 16.7 Å². The quantitative estimate of drug-likeness (QED) is 0.850. The van der Waals surface area contributed by atoms with Gasteiger partial charge in [-0.2, -0.15) is 4.98 Å². The van der Waals surface area contributed by atoms with E-state index in [2.05, 4.69) is 29.3 Å². The zero-order valence-corrected chi connectivity index (χ0v) is 12.5. The fraction of sp³-hybridized carbons (Fsp3) is 0.467. The first-order valence-electron chi connectivity index (χ1n) is 6.95. The van der Waals surface area contributed by atoms with Crippen molar-refractivity contribution < 1.29 is 13.7 Å². The van der Waals surface area contributed by atoms with Crippen LogP contribution < -0.4 is 10.1 Å². The number of nitrogens with one attached hydrogen (secondary N) is 1. The Hall–Kier alpha value is -1.95. The first kappa shape index (κ1) is 15.4. The maximum absolute atomic E-state index is 13.6. The Morgan fingerprint density at radius 2 is 2.14 bits per heavy atom. The number of halogens is 1. The van der Waals surface area contributed by atoms with Gasteiger partial charge in [0.15, 0.2) is 12.4 Å². The molecule has 114 valence electrons. The van der Waals surface area contributed by atoms with Crippen LogP contribution >= 0.6 is 0 Å². The lowest BCUT2D eigenvalue weighted by atomic mass is 10.2. The van der Waals surface area contributed by atoms with Crippen LogP contribution in [0.3, 0.4) is 0 Å². The Morgan fingerprint density at radius 3 is 2.81 bits per heavy atom. The van der Waals surface area contributed by atoms with E-state index >= 15 is 0 Å². The van der Waals surface area contributed by atoms with Gasteiger partial charge in [-0.15, -0.1) is 0 Å². The first-order chi connectivity index (χ1) is 10.0. The molecule has 6 heteroatoms. The molecule has 0 atom stereocenters. The van der Waals surface area contributed by atoms with Crippen LogP contribution in [0, 0.1) is 18.7 Å². The molecule has 0 fully saturated rings. The van der Waals surface area contributed by atoms with Gasteiger partial charge in [0.1, 0.15) is 11.6 Å². The Labute approximate surface area is 123 Å². The molecule has 0 radical (unpaired) electrons. The maximum Gasteiger partial charge on any atom is 0.264 e. The van der Waals surface area contributed by atoms with Gasteiger partial charge in [0.25, 0.3) is 5.89 Å². The molecule has 0 aliphatic carbocycles. The minimum Gasteiger partial charge on any atom is -0.484 e. The summed E-state index contributed by atoms with van der Waals surface area (Å²) in [6.07, 6.45) is 0. The van der Waals surface area contributed by atoms with E-state index in [1.54, 1.807) is 13.0 Å². The summed E-state index contributed by atoms with van der Waals surface area (Å²) in [7, 11) is 0. The predicted octanol–water partition coefficient (Wildman–Crippen LogP) is 2.84. The van der Waals surface area contributed by atoms with Gasteiger partial charge < -0.3 is 14.6 Å². The Bertz CT molecular complexity index is 584. The topological polar surface area (TPSA) is 60.2 Å². The molecule has 2 rings (SSSR count). The van der Waals surface area contributed by atoms with Gasteiger partial charge in [0, 0.05) is 12.6 Å². The summed E-state index contributed by atoms with van der Waals surface area (Å²) in [5.74, 6) is 1.60. The number of rotatable bonds is 7. The Morgan fingerprint density at radius 1 is 1.33 bits per heavy atom. The lowest BCUT2D eigenvalue weighted by Gasteiger charge is -2.09. The molecular weight excluding hydrogens is 273 g/mol. The van der Waals surface area contributed by atoms with Crippen molar-refractivity contribution in [2.24, 2.45) is 5.92 Å². The minimum absolute atomic E-state index is 0.128. The minimum atomic E-state index is -0.324. The fourth-order valence-electron chi connectivity index (χ4n) is 1.86. The summed E-state index contributed by atoms with van der Waals surface area (Å²) >= 11 is 0. The van der Waals surface area contributed by atoms with E-state index in [0.717, 1.165) is 12.1 Å². The lowest BCUT2D eigenvalue weighted by molar-refractivity contribution is 0.241. The Balaban J connectivity index is 1.94. The number of aryl methyl sites for hydroxylation is 1. The van der Waals surface area contributed by atoms with Crippen molar-refractivity contribution in [3.8, 4) is 5.75 Å². The molecule has 0 bridgehead atoms. The van der Waals surface area contributed by atoms with E-state index in [0.29, 0.717) is 29.9 Å². The fourth-order valence-corrected chi connectivity index (χ4v) is 1.86. The molecule has 0 amide bonds. The monoisotopic (exact) mass is 293 g/mol. The summed E-state index contributed by atoms with van der Waals surface area (Å²) in [6.45, 7) is 7.59. The van der Waals surface area contributed by atoms with Crippen molar-refractivity contribution >= 4 is 0 Å². The SMILES string of the molecule is Cc1noc(COc2cc(F)cc(CNCC(C)C)c2)n1. The number of hydrogen-bond donors (Lipinski definition) is 1. The second-order valence-electron chi connectivity index (χ2n) is 5.34. The second kappa shape index (κ2) is 7.17. The molecule has 0 unspecified atom stereocenters. The third-order valence-corrected chi connectivity index (χ3v) is 2.74. The Kier molecular flexibility index (Phi) is 5.27. The van der Waals surface area contributed by atoms with E-state index in [1.165, 1.54) is 12.1 Å². The normalized spacial score (nSPS) is 11.1. The van der Waals surface area contributed by atoms with Gasteiger partial charge >= 0.3 is 0 Å². The molecule has 0 aliphatic heterocycles. The van der Waals surface area contributed by atoms with Crippen molar-refractivity contribution in [2.75, 3.05) is 6.54 Å². The van der Waals surface area contributed by atoms with E-state index in [-0.39, 0.29) is 12.4 Å². The van der Waals surface area contributed by atoms with Crippen molar-refractivity contribution in [3.05, 3.63) is 41.3 Å². The first-order valence-corrected chi connectivity index (χ1v) is 6.95. The molecule has 1 heterocycles. The van der Waals surface area contributed by atoms with E-state index in [1.807, 2.05) is 0 Å². The highest BCUT2D eigenvalue weighted by Crippen LogP contribution is 2.17. The zero-order valence-electron chi connectivity index (χ0n) is 12.5. The van der Waals surface area contributed by atoms with Crippen LogP contribution in [0.1, 0.15) is 31.1 Å². The molecule has 0 saturated carbocycles. The lowest BCUT2D eigenvalue weighted by Crippen LogP contribution is -2.19. The predicted molar refractivity (Wildman–Crippen MR) is 76.3 cm³/mol. The molecular formula is C15H20FN3O2. The number of hydrogen-bond acceptors (Lipinski definition) is 5. The summed E-state index contributed by atoms with van der Waals surface area (Å²) in [5, 5.41) is 6.94. The zero-order chi connectivity index (χ0) is 15.2. The summed E-state index contributed by atoms with van der Waals surface area (Å²) in [4.78, 5) is 4.03. The number of benzene rings is 1. The van der Waals surface area contributed by atoms with Gasteiger partial charge in [-0.1, -0.05) is 19.0 Å². The van der Waals surface area contributed by atoms with Gasteiger partial charge in [-0.05, 0) is 37.1 Å². The van der Waals surface area contributed by atoms with Crippen LogP contribution in [-0.2, 0) is 13.2 Å². The molecule has 0 aliphatic rings. The van der Waals surface area contributed by atoms with E-state index in [9.17, 15) is 4.39 Å². The summed E-state index contributed by atoms with van der Waals surface area (Å²) in [5.41, 5.74) is 0.840. The third-order valence-electron chi connectivity index (χ3n) is 2.74. The highest BCUT2D eigenvalue weighted by molar-refractivity contribution is 5.29. The molecule has 0 spiro atoms. The molecule has 5 nitrogen and oxygen atoms in total. The van der Waals surface area contributed by atoms with Crippen LogP contribution in [0.25, 0.3) is 0 Å². The van der Waals surface area contributed by atoms with Crippen molar-refractivity contribution in [3.63, 3.8) is 0 Å². The molecule has 1 N–H and O–H groups in total. The number of ether oxygens (including phenoxy) is 1. The average Bonchev–Trinajstić information content (AvgIpc) is 2.81. The van der Waals surface area contributed by atoms with E-state index in [4.69, 9.17) is 9.26 Å². The molecule has 1 aromatic carbocycles. The number of aromatic nitrogens is 2. The van der Waals surface area contributed by atoms with Crippen LogP contribution in [0.2, 0.25) is 0 Å². The smallest absolute Gasteiger partial charge is 0.264 e. The van der Waals surface area contributed by atoms with E-state index < -0.39 is 0 Å². The van der Waals surface area contributed by atoms with Gasteiger partial charge in [0.2, 0.25) is 0 Å². The van der Waals surface area contributed by atoms with Gasteiger partial charge in [0.05, 0.1) is 0 Å². The van der Waals surface area contributed by atoms with Gasteiger partial charge in [-0.25, -0.2) is 4.39 Å². The third kappa shape index (κ3) is 5.15. The highest BCUT2D eigenvalue weighted by atomic mass is 19.1. The average molecular weight is 293 g/mol. The molecule has 1 aromatic heterocycles. The summed E-state index contributed by atoms with van der Waals surface area (Å²) in [6, 6.07) is 4.64. The van der Waals surface area contributed by atoms with Crippen molar-refractivity contribution in [1.29, 1.82) is 0 Å². The molecule has 0 saturated heterocycles. The van der Waals surface area contributed by atoms with Crippen LogP contribution in [0.15, 0.2) is 22.7 Å². The molecule has 2 aromatic rings. The largest absolute Gasteiger partial charge is 0.484 e. The number of nitrogens with zero attached hydrogens (tertiary/aromatic N) is 2. The highest BCUT2D eigenvalue weighted by Gasteiger charge is 2.06. The van der Waals surface area contributed by atoms with Crippen LogP contribution in [0.4, 0.5) is 4.39 Å². The van der Waals surface area contributed by atoms with Crippen LogP contribution in [0.5, 0.6) is 5.75 Å². The van der Waals surface area contributed by atoms with Crippen molar-refractivity contribution in [1.82, 2.24) is 15.5 Å². The summed E-state index contributed by atoms with van der Waals surface area (Å²) < 4.78 is 24.0. The van der Waals surface area contributed by atoms with Gasteiger partial charge in [-0.3, -0.25) is 0 Å². The van der Waals surface area contributed by atoms with Crippen molar-refractivity contribution in [2.45, 2.75) is 33.9 Å². The molecule has 21 heavy (non-hydrogen) atoms. The second-order valence-corrected chi connectivity index (χ2v) is 5.34. The maximum atomic E-state index is 13.6. The standard InChI is InChI=1S/C15H20FN3O2/c1-10(2)7-17-8-12-4-13(16)6-14(5-12)20-9-15-18-11(3)19-21-15/h4-6,10,17H,7-9H2,1-3H3.